The Kier molecular flexibility index (Phi) is 4.01. The fourth-order valence-corrected chi connectivity index (χ4v) is 2.30. The highest BCUT2D eigenvalue weighted by Gasteiger charge is 2.10. The molecular weight excluding hydrogens is 264 g/mol. The van der Waals surface area contributed by atoms with Crippen LogP contribution in [-0.4, -0.2) is 23.1 Å². The molecule has 1 amide bonds. The normalized spacial score (nSPS) is 10.2. The molecule has 5 nitrogen and oxygen atoms in total. The number of nitrogens with zero attached hydrogens (tertiary/aromatic N) is 1. The van der Waals surface area contributed by atoms with E-state index in [0.717, 1.165) is 9.88 Å². The van der Waals surface area contributed by atoms with E-state index in [0.29, 0.717) is 17.9 Å². The molecule has 0 unspecified atom stereocenters. The van der Waals surface area contributed by atoms with Gasteiger partial charge < -0.3 is 15.2 Å². The molecule has 1 aromatic carbocycles. The Balaban J connectivity index is 2.01. The van der Waals surface area contributed by atoms with Crippen LogP contribution in [0.3, 0.4) is 0 Å². The number of carbonyl (C=O) groups excluding carboxylic acids is 1. The number of thiazole rings is 1. The minimum atomic E-state index is -0.259. The summed E-state index contributed by atoms with van der Waals surface area (Å²) < 4.78 is 4.92. The zero-order valence-electron chi connectivity index (χ0n) is 10.6. The molecule has 0 aliphatic heterocycles. The first kappa shape index (κ1) is 13.4. The number of carbonyl (C=O) groups is 1. The van der Waals surface area contributed by atoms with Crippen molar-refractivity contribution in [2.75, 3.05) is 7.11 Å². The summed E-state index contributed by atoms with van der Waals surface area (Å²) >= 11 is 1.54. The first-order valence-corrected chi connectivity index (χ1v) is 6.48. The van der Waals surface area contributed by atoms with Gasteiger partial charge in [-0.2, -0.15) is 0 Å². The van der Waals surface area contributed by atoms with Gasteiger partial charge in [0.25, 0.3) is 5.91 Å². The molecule has 2 N–H and O–H groups in total. The largest absolute Gasteiger partial charge is 0.504 e. The van der Waals surface area contributed by atoms with Crippen molar-refractivity contribution in [3.05, 3.63) is 39.8 Å². The number of phenolic OH excluding ortho intramolecular Hbond substituents is 1. The maximum atomic E-state index is 11.9. The molecule has 2 aromatic rings. The van der Waals surface area contributed by atoms with E-state index in [1.54, 1.807) is 18.3 Å². The van der Waals surface area contributed by atoms with Crippen LogP contribution in [0.5, 0.6) is 11.5 Å². The lowest BCUT2D eigenvalue weighted by molar-refractivity contribution is 0.0950. The molecule has 0 saturated heterocycles. The van der Waals surface area contributed by atoms with Crippen LogP contribution in [0, 0.1) is 6.92 Å². The minimum Gasteiger partial charge on any atom is -0.504 e. The van der Waals surface area contributed by atoms with E-state index in [1.807, 2.05) is 6.92 Å². The first-order valence-electron chi connectivity index (χ1n) is 5.66. The van der Waals surface area contributed by atoms with Gasteiger partial charge in [0.05, 0.1) is 13.7 Å². The van der Waals surface area contributed by atoms with Crippen molar-refractivity contribution in [2.45, 2.75) is 13.5 Å². The number of benzene rings is 1. The average molecular weight is 278 g/mol. The van der Waals surface area contributed by atoms with Crippen LogP contribution in [0.1, 0.15) is 20.2 Å². The molecular formula is C13H14N2O3S. The molecule has 1 aromatic heterocycles. The van der Waals surface area contributed by atoms with Crippen LogP contribution < -0.4 is 10.1 Å². The van der Waals surface area contributed by atoms with Gasteiger partial charge in [0, 0.05) is 16.6 Å². The first-order chi connectivity index (χ1) is 9.10. The summed E-state index contributed by atoms with van der Waals surface area (Å²) in [7, 11) is 1.46. The highest BCUT2D eigenvalue weighted by molar-refractivity contribution is 7.11. The summed E-state index contributed by atoms with van der Waals surface area (Å²) in [6.45, 7) is 2.34. The van der Waals surface area contributed by atoms with Gasteiger partial charge in [0.1, 0.15) is 5.01 Å². The van der Waals surface area contributed by atoms with Gasteiger partial charge >= 0.3 is 0 Å². The minimum absolute atomic E-state index is 0.0553. The van der Waals surface area contributed by atoms with Gasteiger partial charge in [0.15, 0.2) is 11.5 Å². The summed E-state index contributed by atoms with van der Waals surface area (Å²) in [5, 5.41) is 13.2. The predicted octanol–water partition coefficient (Wildman–Crippen LogP) is 2.10. The van der Waals surface area contributed by atoms with E-state index in [4.69, 9.17) is 4.74 Å². The Hall–Kier alpha value is -2.08. The molecule has 0 fully saturated rings. The third-order valence-electron chi connectivity index (χ3n) is 2.51. The van der Waals surface area contributed by atoms with Crippen molar-refractivity contribution in [1.82, 2.24) is 10.3 Å². The zero-order valence-corrected chi connectivity index (χ0v) is 11.5. The third kappa shape index (κ3) is 3.23. The summed E-state index contributed by atoms with van der Waals surface area (Å²) in [4.78, 5) is 17.2. The highest BCUT2D eigenvalue weighted by Crippen LogP contribution is 2.26. The van der Waals surface area contributed by atoms with Crippen molar-refractivity contribution in [3.63, 3.8) is 0 Å². The molecule has 0 spiro atoms. The Morgan fingerprint density at radius 1 is 1.53 bits per heavy atom. The van der Waals surface area contributed by atoms with Crippen molar-refractivity contribution in [3.8, 4) is 11.5 Å². The number of ether oxygens (including phenoxy) is 1. The number of aromatic nitrogens is 1. The lowest BCUT2D eigenvalue weighted by atomic mass is 10.2. The van der Waals surface area contributed by atoms with E-state index >= 15 is 0 Å². The standard InChI is InChI=1S/C13H14N2O3S/c1-8-6-14-12(19-8)7-15-13(17)9-3-4-11(18-2)10(16)5-9/h3-6,16H,7H2,1-2H3,(H,15,17). The van der Waals surface area contributed by atoms with E-state index in [-0.39, 0.29) is 11.7 Å². The quantitative estimate of drug-likeness (QED) is 0.898. The van der Waals surface area contributed by atoms with E-state index in [9.17, 15) is 9.90 Å². The van der Waals surface area contributed by atoms with Crippen molar-refractivity contribution >= 4 is 17.2 Å². The van der Waals surface area contributed by atoms with Crippen LogP contribution in [0.4, 0.5) is 0 Å². The molecule has 19 heavy (non-hydrogen) atoms. The maximum absolute atomic E-state index is 11.9. The average Bonchev–Trinajstić information content (AvgIpc) is 2.81. The van der Waals surface area contributed by atoms with Gasteiger partial charge in [-0.3, -0.25) is 4.79 Å². The van der Waals surface area contributed by atoms with E-state index in [2.05, 4.69) is 10.3 Å². The number of amides is 1. The third-order valence-corrected chi connectivity index (χ3v) is 3.42. The van der Waals surface area contributed by atoms with Crippen molar-refractivity contribution in [2.24, 2.45) is 0 Å². The van der Waals surface area contributed by atoms with Crippen LogP contribution in [0.2, 0.25) is 0 Å². The number of aromatic hydroxyl groups is 1. The fourth-order valence-electron chi connectivity index (χ4n) is 1.57. The molecule has 6 heteroatoms. The Morgan fingerprint density at radius 3 is 2.89 bits per heavy atom. The van der Waals surface area contributed by atoms with Crippen LogP contribution in [-0.2, 0) is 6.54 Å². The van der Waals surface area contributed by atoms with Crippen LogP contribution in [0.15, 0.2) is 24.4 Å². The highest BCUT2D eigenvalue weighted by atomic mass is 32.1. The molecule has 0 aliphatic rings. The lowest BCUT2D eigenvalue weighted by Gasteiger charge is -2.06. The number of hydrogen-bond acceptors (Lipinski definition) is 5. The zero-order chi connectivity index (χ0) is 13.8. The second-order valence-corrected chi connectivity index (χ2v) is 5.25. The Morgan fingerprint density at radius 2 is 2.32 bits per heavy atom. The maximum Gasteiger partial charge on any atom is 0.251 e. The molecule has 0 saturated carbocycles. The molecule has 0 bridgehead atoms. The monoisotopic (exact) mass is 278 g/mol. The second kappa shape index (κ2) is 5.71. The Labute approximate surface area is 114 Å². The molecule has 0 atom stereocenters. The molecule has 0 radical (unpaired) electrons. The van der Waals surface area contributed by atoms with Gasteiger partial charge in [0.2, 0.25) is 0 Å². The van der Waals surface area contributed by atoms with Gasteiger partial charge in [-0.05, 0) is 25.1 Å². The number of nitrogens with one attached hydrogen (secondary N) is 1. The van der Waals surface area contributed by atoms with Crippen molar-refractivity contribution in [1.29, 1.82) is 0 Å². The van der Waals surface area contributed by atoms with Crippen LogP contribution >= 0.6 is 11.3 Å². The van der Waals surface area contributed by atoms with Gasteiger partial charge in [-0.15, -0.1) is 11.3 Å². The molecule has 0 aliphatic carbocycles. The molecule has 2 rings (SSSR count). The van der Waals surface area contributed by atoms with E-state index < -0.39 is 0 Å². The van der Waals surface area contributed by atoms with E-state index in [1.165, 1.54) is 24.5 Å². The second-order valence-electron chi connectivity index (χ2n) is 3.93. The number of hydrogen-bond donors (Lipinski definition) is 2. The smallest absolute Gasteiger partial charge is 0.251 e. The SMILES string of the molecule is COc1ccc(C(=O)NCc2ncc(C)s2)cc1O. The van der Waals surface area contributed by atoms with Gasteiger partial charge in [-0.25, -0.2) is 4.98 Å². The summed E-state index contributed by atoms with van der Waals surface area (Å²) in [5.41, 5.74) is 0.381. The number of rotatable bonds is 4. The van der Waals surface area contributed by atoms with Crippen LogP contribution in [0.25, 0.3) is 0 Å². The Bertz CT molecular complexity index is 595. The van der Waals surface area contributed by atoms with Crippen molar-refractivity contribution < 1.29 is 14.6 Å². The number of methoxy groups -OCH3 is 1. The summed E-state index contributed by atoms with van der Waals surface area (Å²) in [5.74, 6) is 0.0261. The summed E-state index contributed by atoms with van der Waals surface area (Å²) in [6.07, 6.45) is 1.77. The molecule has 1 heterocycles. The predicted molar refractivity (Wildman–Crippen MR) is 72.7 cm³/mol. The number of aryl methyl sites for hydroxylation is 1. The topological polar surface area (TPSA) is 71.5 Å². The fraction of sp³-hybridized carbons (Fsp3) is 0.231. The molecule has 100 valence electrons. The lowest BCUT2D eigenvalue weighted by Crippen LogP contribution is -2.22. The summed E-state index contributed by atoms with van der Waals surface area (Å²) in [6, 6.07) is 4.53. The van der Waals surface area contributed by atoms with Gasteiger partial charge in [-0.1, -0.05) is 0 Å². The number of phenols is 1.